The highest BCUT2D eigenvalue weighted by Crippen LogP contribution is 2.60. The Morgan fingerprint density at radius 2 is 1.54 bits per heavy atom. The van der Waals surface area contributed by atoms with E-state index in [9.17, 15) is 18.0 Å². The van der Waals surface area contributed by atoms with Gasteiger partial charge in [-0.3, -0.25) is 13.9 Å². The molecular weight excluding hydrogens is 641 g/mol. The van der Waals surface area contributed by atoms with Crippen LogP contribution in [0.4, 0.5) is 5.69 Å². The second kappa shape index (κ2) is 13.7. The highest BCUT2D eigenvalue weighted by atomic mass is 35.5. The molecule has 1 atom stereocenters. The van der Waals surface area contributed by atoms with Crippen LogP contribution >= 0.6 is 23.2 Å². The molecule has 46 heavy (non-hydrogen) atoms. The monoisotopic (exact) mass is 687 g/mol. The van der Waals surface area contributed by atoms with Gasteiger partial charge in [0.2, 0.25) is 21.8 Å². The van der Waals surface area contributed by atoms with Crippen LogP contribution in [0.3, 0.4) is 0 Å². The molecule has 0 heterocycles. The first kappa shape index (κ1) is 33.6. The lowest BCUT2D eigenvalue weighted by Gasteiger charge is -2.57. The fourth-order valence-corrected chi connectivity index (χ4v) is 10.7. The van der Waals surface area contributed by atoms with E-state index in [4.69, 9.17) is 23.2 Å². The normalized spacial score (nSPS) is 26.5. The molecule has 0 saturated heterocycles. The van der Waals surface area contributed by atoms with Crippen molar-refractivity contribution in [1.29, 1.82) is 0 Å². The molecule has 1 N–H and O–H groups in total. The van der Waals surface area contributed by atoms with Gasteiger partial charge in [0, 0.05) is 22.6 Å². The fourth-order valence-electron chi connectivity index (χ4n) is 9.36. The first-order valence-corrected chi connectivity index (χ1v) is 19.7. The number of benzene rings is 2. The average molecular weight is 689 g/mol. The molecule has 7 rings (SSSR count). The number of halogens is 2. The van der Waals surface area contributed by atoms with E-state index in [2.05, 4.69) is 17.4 Å². The van der Waals surface area contributed by atoms with Crippen LogP contribution < -0.4 is 9.62 Å². The third-order valence-corrected chi connectivity index (χ3v) is 12.9. The zero-order valence-electron chi connectivity index (χ0n) is 27.0. The SMILES string of the molecule is CC[C@@H](C(=O)NC1CCCCC1)N(Cc1ccc(Cl)cc1Cl)C(=O)CN(c1ccc(C23CC4CC(CC(C4)C2)C3)cc1)S(C)(=O)=O. The van der Waals surface area contributed by atoms with Gasteiger partial charge in [-0.15, -0.1) is 0 Å². The van der Waals surface area contributed by atoms with Crippen molar-refractivity contribution >= 4 is 50.7 Å². The molecule has 0 unspecified atom stereocenters. The van der Waals surface area contributed by atoms with Crippen LogP contribution in [0.5, 0.6) is 0 Å². The average Bonchev–Trinajstić information content (AvgIpc) is 3.00. The van der Waals surface area contributed by atoms with Crippen LogP contribution in [0.1, 0.15) is 95.1 Å². The molecular formula is C36H47Cl2N3O4S. The summed E-state index contributed by atoms with van der Waals surface area (Å²) in [6, 6.07) is 12.2. The minimum atomic E-state index is -3.82. The Morgan fingerprint density at radius 1 is 0.935 bits per heavy atom. The summed E-state index contributed by atoms with van der Waals surface area (Å²) in [5.41, 5.74) is 2.57. The Kier molecular flexibility index (Phi) is 9.99. The predicted molar refractivity (Wildman–Crippen MR) is 185 cm³/mol. The summed E-state index contributed by atoms with van der Waals surface area (Å²) < 4.78 is 27.6. The van der Waals surface area contributed by atoms with E-state index in [1.165, 1.54) is 53.3 Å². The largest absolute Gasteiger partial charge is 0.352 e. The molecule has 10 heteroatoms. The van der Waals surface area contributed by atoms with Gasteiger partial charge in [-0.25, -0.2) is 8.42 Å². The van der Waals surface area contributed by atoms with E-state index in [0.29, 0.717) is 27.7 Å². The van der Waals surface area contributed by atoms with Crippen molar-refractivity contribution in [2.24, 2.45) is 17.8 Å². The molecule has 0 aliphatic heterocycles. The quantitative estimate of drug-likeness (QED) is 0.265. The first-order valence-electron chi connectivity index (χ1n) is 17.1. The minimum Gasteiger partial charge on any atom is -0.352 e. The number of rotatable bonds is 11. The summed E-state index contributed by atoms with van der Waals surface area (Å²) >= 11 is 12.7. The van der Waals surface area contributed by atoms with Crippen LogP contribution in [0, 0.1) is 17.8 Å². The zero-order valence-corrected chi connectivity index (χ0v) is 29.3. The summed E-state index contributed by atoms with van der Waals surface area (Å²) in [5, 5.41) is 4.02. The van der Waals surface area contributed by atoms with Gasteiger partial charge in [0.25, 0.3) is 0 Å². The maximum atomic E-state index is 14.2. The Hall–Kier alpha value is -2.29. The van der Waals surface area contributed by atoms with Crippen molar-refractivity contribution < 1.29 is 18.0 Å². The summed E-state index contributed by atoms with van der Waals surface area (Å²) in [5.74, 6) is 1.72. The van der Waals surface area contributed by atoms with Crippen LogP contribution in [0.25, 0.3) is 0 Å². The maximum absolute atomic E-state index is 14.2. The molecule has 0 spiro atoms. The van der Waals surface area contributed by atoms with Crippen molar-refractivity contribution in [2.45, 2.75) is 108 Å². The van der Waals surface area contributed by atoms with Gasteiger partial charge in [-0.05, 0) is 116 Å². The van der Waals surface area contributed by atoms with Crippen LogP contribution in [-0.4, -0.2) is 50.0 Å². The molecule has 2 amide bonds. The van der Waals surface area contributed by atoms with E-state index in [1.807, 2.05) is 19.1 Å². The van der Waals surface area contributed by atoms with Crippen LogP contribution in [0.2, 0.25) is 10.0 Å². The van der Waals surface area contributed by atoms with E-state index >= 15 is 0 Å². The second-order valence-corrected chi connectivity index (χ2v) is 17.3. The molecule has 0 radical (unpaired) electrons. The third-order valence-electron chi connectivity index (χ3n) is 11.2. The third kappa shape index (κ3) is 7.24. The molecule has 250 valence electrons. The summed E-state index contributed by atoms with van der Waals surface area (Å²) in [7, 11) is -3.82. The Bertz CT molecular complexity index is 1510. The smallest absolute Gasteiger partial charge is 0.244 e. The number of nitrogens with zero attached hydrogens (tertiary/aromatic N) is 2. The Labute approximate surface area is 284 Å². The lowest BCUT2D eigenvalue weighted by Crippen LogP contribution is -2.54. The number of anilines is 1. The molecule has 0 aromatic heterocycles. The Morgan fingerprint density at radius 3 is 2.09 bits per heavy atom. The molecule has 5 fully saturated rings. The number of carbonyl (C=O) groups is 2. The summed E-state index contributed by atoms with van der Waals surface area (Å²) in [6.45, 7) is 1.49. The number of carbonyl (C=O) groups excluding carboxylic acids is 2. The highest BCUT2D eigenvalue weighted by Gasteiger charge is 2.51. The van der Waals surface area contributed by atoms with Crippen LogP contribution in [-0.2, 0) is 31.6 Å². The van der Waals surface area contributed by atoms with Crippen molar-refractivity contribution in [3.05, 3.63) is 63.6 Å². The standard InChI is InChI=1S/C36H47Cl2N3O4S/c1-3-33(35(43)39-30-7-5-4-6-8-30)40(22-27-9-12-29(37)18-32(27)38)34(42)23-41(46(2,44)45)31-13-10-28(11-14-31)36-19-24-15-25(20-36)17-26(16-24)21-36/h9-14,18,24-26,30,33H,3-8,15-17,19-23H2,1-2H3,(H,39,43)/t24?,25?,26?,33-,36?/m0/s1. The molecule has 5 aliphatic carbocycles. The number of sulfonamides is 1. The fraction of sp³-hybridized carbons (Fsp3) is 0.611. The number of hydrogen-bond donors (Lipinski definition) is 1. The van der Waals surface area contributed by atoms with Gasteiger partial charge in [-0.1, -0.05) is 67.6 Å². The van der Waals surface area contributed by atoms with E-state index < -0.39 is 28.5 Å². The first-order chi connectivity index (χ1) is 21.9. The lowest BCUT2D eigenvalue weighted by molar-refractivity contribution is -0.140. The molecule has 2 aromatic rings. The lowest BCUT2D eigenvalue weighted by atomic mass is 9.48. The summed E-state index contributed by atoms with van der Waals surface area (Å²) in [6.07, 6.45) is 14.3. The molecule has 7 nitrogen and oxygen atoms in total. The predicted octanol–water partition coefficient (Wildman–Crippen LogP) is 7.48. The summed E-state index contributed by atoms with van der Waals surface area (Å²) in [4.78, 5) is 29.4. The number of nitrogens with one attached hydrogen (secondary N) is 1. The van der Waals surface area contributed by atoms with Crippen molar-refractivity contribution in [3.63, 3.8) is 0 Å². The topological polar surface area (TPSA) is 86.8 Å². The van der Waals surface area contributed by atoms with Gasteiger partial charge >= 0.3 is 0 Å². The van der Waals surface area contributed by atoms with Gasteiger partial charge in [0.05, 0.1) is 11.9 Å². The number of hydrogen-bond acceptors (Lipinski definition) is 4. The number of amides is 2. The van der Waals surface area contributed by atoms with Crippen molar-refractivity contribution in [3.8, 4) is 0 Å². The van der Waals surface area contributed by atoms with Crippen molar-refractivity contribution in [1.82, 2.24) is 10.2 Å². The van der Waals surface area contributed by atoms with Gasteiger partial charge in [0.15, 0.2) is 0 Å². The molecule has 5 aliphatic rings. The second-order valence-electron chi connectivity index (χ2n) is 14.5. The van der Waals surface area contributed by atoms with E-state index in [-0.39, 0.29) is 23.9 Å². The minimum absolute atomic E-state index is 0.0496. The van der Waals surface area contributed by atoms with E-state index in [0.717, 1.165) is 56.1 Å². The van der Waals surface area contributed by atoms with Gasteiger partial charge < -0.3 is 10.2 Å². The van der Waals surface area contributed by atoms with Gasteiger partial charge in [-0.2, -0.15) is 0 Å². The van der Waals surface area contributed by atoms with Gasteiger partial charge in [0.1, 0.15) is 12.6 Å². The van der Waals surface area contributed by atoms with Crippen molar-refractivity contribution in [2.75, 3.05) is 17.1 Å². The molecule has 4 bridgehead atoms. The van der Waals surface area contributed by atoms with E-state index in [1.54, 1.807) is 18.2 Å². The maximum Gasteiger partial charge on any atom is 0.244 e. The molecule has 2 aromatic carbocycles. The van der Waals surface area contributed by atoms with Crippen LogP contribution in [0.15, 0.2) is 42.5 Å². The highest BCUT2D eigenvalue weighted by molar-refractivity contribution is 7.92. The Balaban J connectivity index is 1.25. The molecule has 5 saturated carbocycles. The zero-order chi connectivity index (χ0) is 32.6.